The van der Waals surface area contributed by atoms with E-state index in [4.69, 9.17) is 17.2 Å². The van der Waals surface area contributed by atoms with E-state index in [2.05, 4.69) is 40.1 Å². The Hall–Kier alpha value is -3.29. The number of likely N-dealkylation sites (N-methyl/N-ethyl adjacent to an activating group) is 1. The summed E-state index contributed by atoms with van der Waals surface area (Å²) in [7, 11) is 2.06. The number of phenols is 1. The summed E-state index contributed by atoms with van der Waals surface area (Å²) in [5.74, 6) is -0.414. The van der Waals surface area contributed by atoms with Crippen LogP contribution in [0.1, 0.15) is 32.3 Å². The summed E-state index contributed by atoms with van der Waals surface area (Å²) in [5, 5.41) is 10.1. The summed E-state index contributed by atoms with van der Waals surface area (Å²) in [6, 6.07) is 4.38. The number of hydrogen-bond acceptors (Lipinski definition) is 7. The molecule has 32 heavy (non-hydrogen) atoms. The molecule has 0 radical (unpaired) electrons. The van der Waals surface area contributed by atoms with E-state index in [0.29, 0.717) is 17.8 Å². The lowest BCUT2D eigenvalue weighted by Crippen LogP contribution is -2.53. The number of rotatable bonds is 4. The number of allylic oxidation sites excluding steroid dienone is 2. The Labute approximate surface area is 189 Å². The lowest BCUT2D eigenvalue weighted by atomic mass is 10.1. The van der Waals surface area contributed by atoms with E-state index in [-0.39, 0.29) is 22.8 Å². The van der Waals surface area contributed by atoms with Crippen LogP contribution in [0, 0.1) is 5.82 Å². The quantitative estimate of drug-likeness (QED) is 0.531. The molecule has 8 heteroatoms. The normalized spacial score (nSPS) is 22.3. The van der Waals surface area contributed by atoms with E-state index in [1.54, 1.807) is 6.08 Å². The van der Waals surface area contributed by atoms with Crippen molar-refractivity contribution in [3.8, 4) is 5.75 Å². The second kappa shape index (κ2) is 9.89. The summed E-state index contributed by atoms with van der Waals surface area (Å²) < 4.78 is 13.6. The maximum atomic E-state index is 13.6. The van der Waals surface area contributed by atoms with Gasteiger partial charge in [-0.05, 0) is 49.3 Å². The smallest absolute Gasteiger partial charge is 0.125 e. The van der Waals surface area contributed by atoms with Crippen LogP contribution >= 0.6 is 0 Å². The molecular weight excluding hydrogens is 407 g/mol. The molecule has 0 spiro atoms. The van der Waals surface area contributed by atoms with Gasteiger partial charge in [-0.25, -0.2) is 4.39 Å². The van der Waals surface area contributed by atoms with Gasteiger partial charge in [0.05, 0.1) is 5.70 Å². The van der Waals surface area contributed by atoms with Crippen LogP contribution in [0.3, 0.4) is 0 Å². The van der Waals surface area contributed by atoms with Crippen molar-refractivity contribution in [1.82, 2.24) is 14.7 Å². The number of halogens is 1. The maximum Gasteiger partial charge on any atom is 0.125 e. The molecule has 1 aromatic rings. The van der Waals surface area contributed by atoms with E-state index >= 15 is 0 Å². The van der Waals surface area contributed by atoms with Gasteiger partial charge in [-0.2, -0.15) is 0 Å². The molecule has 0 aliphatic carbocycles. The van der Waals surface area contributed by atoms with Crippen LogP contribution in [-0.2, 0) is 0 Å². The fourth-order valence-electron chi connectivity index (χ4n) is 4.60. The first-order chi connectivity index (χ1) is 15.3. The number of piperazine rings is 1. The van der Waals surface area contributed by atoms with Gasteiger partial charge in [-0.3, -0.25) is 0 Å². The molecule has 2 fully saturated rings. The lowest BCUT2D eigenvalue weighted by molar-refractivity contribution is 0.123. The Morgan fingerprint density at radius 3 is 2.34 bits per heavy atom. The molecule has 1 aromatic carbocycles. The highest BCUT2D eigenvalue weighted by molar-refractivity contribution is 5.70. The maximum absolute atomic E-state index is 13.6. The van der Waals surface area contributed by atoms with Gasteiger partial charge in [-0.15, -0.1) is 0 Å². The van der Waals surface area contributed by atoms with E-state index in [0.717, 1.165) is 32.5 Å². The lowest BCUT2D eigenvalue weighted by Gasteiger charge is -2.45. The van der Waals surface area contributed by atoms with Gasteiger partial charge in [0, 0.05) is 61.9 Å². The minimum absolute atomic E-state index is 0.0917. The Kier molecular flexibility index (Phi) is 7.22. The third-order valence-electron chi connectivity index (χ3n) is 6.07. The summed E-state index contributed by atoms with van der Waals surface area (Å²) in [5.41, 5.74) is 20.5. The summed E-state index contributed by atoms with van der Waals surface area (Å²) >= 11 is 0. The molecule has 0 amide bonds. The number of nitrogens with two attached hydrogens (primary N) is 3. The molecule has 7 nitrogen and oxygen atoms in total. The topological polar surface area (TPSA) is 108 Å². The molecule has 174 valence electrons. The van der Waals surface area contributed by atoms with Gasteiger partial charge in [-0.1, -0.05) is 13.8 Å². The van der Waals surface area contributed by atoms with Crippen LogP contribution in [0.2, 0.25) is 0 Å². The van der Waals surface area contributed by atoms with Crippen molar-refractivity contribution >= 4 is 5.70 Å². The first kappa shape index (κ1) is 23.4. The van der Waals surface area contributed by atoms with Crippen molar-refractivity contribution < 1.29 is 9.50 Å². The predicted octanol–water partition coefficient (Wildman–Crippen LogP) is 2.44. The molecule has 3 aliphatic heterocycles. The minimum atomic E-state index is -0.475. The third kappa shape index (κ3) is 4.79. The summed E-state index contributed by atoms with van der Waals surface area (Å²) in [6.07, 6.45) is 10.4. The van der Waals surface area contributed by atoms with Crippen LogP contribution in [0.25, 0.3) is 5.70 Å². The molecular formula is C24H35FN6O. The molecule has 0 saturated carbocycles. The molecule has 7 N–H and O–H groups in total. The number of benzene rings is 1. The molecule has 4 rings (SSSR count). The summed E-state index contributed by atoms with van der Waals surface area (Å²) in [6.45, 7) is 6.44. The van der Waals surface area contributed by atoms with Crippen LogP contribution in [0.15, 0.2) is 59.8 Å². The molecule has 2 bridgehead atoms. The highest BCUT2D eigenvalue weighted by Crippen LogP contribution is 2.36. The molecule has 3 aliphatic rings. The largest absolute Gasteiger partial charge is 0.507 e. The third-order valence-corrected chi connectivity index (χ3v) is 6.07. The zero-order chi connectivity index (χ0) is 23.4. The highest BCUT2D eigenvalue weighted by atomic mass is 19.1. The number of hydrogen-bond donors (Lipinski definition) is 4. The van der Waals surface area contributed by atoms with Crippen molar-refractivity contribution in [2.24, 2.45) is 17.2 Å². The molecule has 2 saturated heterocycles. The van der Waals surface area contributed by atoms with Crippen LogP contribution in [0.4, 0.5) is 4.39 Å². The van der Waals surface area contributed by atoms with Crippen molar-refractivity contribution in [1.29, 1.82) is 0 Å². The van der Waals surface area contributed by atoms with Crippen molar-refractivity contribution in [2.45, 2.75) is 38.8 Å². The summed E-state index contributed by atoms with van der Waals surface area (Å²) in [4.78, 5) is 6.80. The predicted molar refractivity (Wildman–Crippen MR) is 127 cm³/mol. The fourth-order valence-corrected chi connectivity index (χ4v) is 4.60. The van der Waals surface area contributed by atoms with Gasteiger partial charge in [0.1, 0.15) is 17.4 Å². The second-order valence-electron chi connectivity index (χ2n) is 8.18. The fraction of sp³-hybridized carbons (Fsp3) is 0.417. The van der Waals surface area contributed by atoms with Gasteiger partial charge >= 0.3 is 0 Å². The Morgan fingerprint density at radius 1 is 1.12 bits per heavy atom. The van der Waals surface area contributed by atoms with Crippen molar-refractivity contribution in [3.63, 3.8) is 0 Å². The number of fused-ring (bicyclic) bond motifs is 2. The Balaban J connectivity index is 0.00000141. The zero-order valence-electron chi connectivity index (χ0n) is 19.1. The number of likely N-dealkylation sites (tertiary alicyclic amines) is 1. The average molecular weight is 443 g/mol. The van der Waals surface area contributed by atoms with Gasteiger partial charge < -0.3 is 37.0 Å². The first-order valence-electron chi connectivity index (χ1n) is 11.2. The Morgan fingerprint density at radius 2 is 1.78 bits per heavy atom. The number of aromatic hydroxyl groups is 1. The molecule has 0 aromatic heterocycles. The highest BCUT2D eigenvalue weighted by Gasteiger charge is 2.41. The first-order valence-corrected chi connectivity index (χ1v) is 11.2. The molecule has 2 unspecified atom stereocenters. The monoisotopic (exact) mass is 442 g/mol. The minimum Gasteiger partial charge on any atom is -0.507 e. The average Bonchev–Trinajstić information content (AvgIpc) is 3.04. The second-order valence-corrected chi connectivity index (χ2v) is 8.18. The zero-order valence-corrected chi connectivity index (χ0v) is 19.1. The standard InChI is InChI=1S/C22H29FN6O.C2H6/c1-27-8-6-15(7-9-27)29-16-3-4-17(29)13-28(12-16)20(22(25)26)11-19(24)18-10-14(23)2-5-21(18)30;1-2/h2,5-8,10-11,16-17,30H,3-4,9,12-13,24-26H2,1H3;1-2H3/b19-11-;. The van der Waals surface area contributed by atoms with E-state index in [1.165, 1.54) is 23.9 Å². The van der Waals surface area contributed by atoms with Crippen LogP contribution < -0.4 is 17.2 Å². The molecule has 3 heterocycles. The van der Waals surface area contributed by atoms with Crippen molar-refractivity contribution in [3.05, 3.63) is 71.2 Å². The Bertz CT molecular complexity index is 936. The van der Waals surface area contributed by atoms with Crippen molar-refractivity contribution in [2.75, 3.05) is 26.7 Å². The van der Waals surface area contributed by atoms with Crippen LogP contribution in [0.5, 0.6) is 5.75 Å². The van der Waals surface area contributed by atoms with Crippen LogP contribution in [-0.4, -0.2) is 58.6 Å². The van der Waals surface area contributed by atoms with Gasteiger partial charge in [0.2, 0.25) is 0 Å². The van der Waals surface area contributed by atoms with Gasteiger partial charge in [0.15, 0.2) is 0 Å². The van der Waals surface area contributed by atoms with E-state index in [9.17, 15) is 9.50 Å². The number of phenolic OH excluding ortho intramolecular Hbond substituents is 1. The molecule has 2 atom stereocenters. The van der Waals surface area contributed by atoms with E-state index < -0.39 is 5.82 Å². The van der Waals surface area contributed by atoms with Gasteiger partial charge in [0.25, 0.3) is 0 Å². The van der Waals surface area contributed by atoms with E-state index in [1.807, 2.05) is 13.8 Å². The SMILES string of the molecule is CC.CN1C=CC(N2C3CCC2CN(C(/C=C(\N)c2cc(F)ccc2O)=C(N)N)C3)=CC1. The number of nitrogens with zero attached hydrogens (tertiary/aromatic N) is 3.